The molecule has 0 N–H and O–H groups in total. The summed E-state index contributed by atoms with van der Waals surface area (Å²) in [5, 5.41) is 0. The predicted molar refractivity (Wildman–Crippen MR) is 78.2 cm³/mol. The monoisotopic (exact) mass is 248 g/mol. The Bertz CT molecular complexity index is 638. The Kier molecular flexibility index (Phi) is 3.04. The minimum absolute atomic E-state index is 0.178. The molecule has 0 heterocycles. The van der Waals surface area contributed by atoms with Gasteiger partial charge in [-0.3, -0.25) is 4.79 Å². The maximum absolute atomic E-state index is 12.5. The number of carbonyl (C=O) groups excluding carboxylic acids is 1. The van der Waals surface area contributed by atoms with E-state index in [0.717, 1.165) is 23.1 Å². The lowest BCUT2D eigenvalue weighted by molar-refractivity contribution is 0.102. The number of Topliss-reactive ketones (excluding diaryl/α,β-unsaturated/α-hetero) is 1. The molecule has 0 aliphatic heterocycles. The normalized spacial score (nSPS) is 20.4. The van der Waals surface area contributed by atoms with Gasteiger partial charge in [0.15, 0.2) is 5.78 Å². The molecule has 0 aromatic heterocycles. The van der Waals surface area contributed by atoms with E-state index >= 15 is 0 Å². The van der Waals surface area contributed by atoms with E-state index in [1.807, 2.05) is 54.6 Å². The van der Waals surface area contributed by atoms with Crippen LogP contribution in [0, 0.1) is 0 Å². The molecule has 0 spiro atoms. The Labute approximate surface area is 113 Å². The van der Waals surface area contributed by atoms with Gasteiger partial charge in [-0.25, -0.2) is 0 Å². The molecule has 2 aromatic carbocycles. The first-order chi connectivity index (χ1) is 9.25. The second-order valence-corrected chi connectivity index (χ2v) is 5.10. The zero-order chi connectivity index (χ0) is 13.2. The van der Waals surface area contributed by atoms with Crippen LogP contribution in [0.4, 0.5) is 0 Å². The predicted octanol–water partition coefficient (Wildman–Crippen LogP) is 4.46. The van der Waals surface area contributed by atoms with Crippen molar-refractivity contribution in [3.8, 4) is 0 Å². The van der Waals surface area contributed by atoms with Crippen molar-refractivity contribution >= 4 is 11.9 Å². The fraction of sp³-hybridized carbons (Fsp3) is 0.167. The molecular weight excluding hydrogens is 232 g/mol. The molecule has 0 radical (unpaired) electrons. The number of benzene rings is 2. The molecule has 1 heteroatoms. The minimum Gasteiger partial charge on any atom is -0.289 e. The highest BCUT2D eigenvalue weighted by Gasteiger charge is 2.26. The van der Waals surface area contributed by atoms with Gasteiger partial charge in [-0.05, 0) is 29.5 Å². The molecule has 0 amide bonds. The van der Waals surface area contributed by atoms with Gasteiger partial charge in [-0.1, -0.05) is 61.5 Å². The summed E-state index contributed by atoms with van der Waals surface area (Å²) in [6.45, 7) is 2.18. The molecule has 19 heavy (non-hydrogen) atoms. The van der Waals surface area contributed by atoms with E-state index in [9.17, 15) is 4.79 Å². The van der Waals surface area contributed by atoms with Gasteiger partial charge in [0.2, 0.25) is 0 Å². The van der Waals surface area contributed by atoms with Crippen LogP contribution in [0.1, 0.15) is 40.7 Å². The van der Waals surface area contributed by atoms with Crippen LogP contribution in [0.2, 0.25) is 0 Å². The number of carbonyl (C=O) groups is 1. The maximum Gasteiger partial charge on any atom is 0.189 e. The van der Waals surface area contributed by atoms with Gasteiger partial charge >= 0.3 is 0 Å². The van der Waals surface area contributed by atoms with Crippen LogP contribution in [0.25, 0.3) is 6.08 Å². The summed E-state index contributed by atoms with van der Waals surface area (Å²) in [6.07, 6.45) is 2.85. The standard InChI is InChI=1S/C18H16O/c1-13-11-15(12-14-7-3-2-4-8-14)18(19)17-10-6-5-9-16(13)17/h2-10,12-13H,11H2,1H3/b15-12+. The number of ketones is 1. The second kappa shape index (κ2) is 4.85. The third-order valence-electron chi connectivity index (χ3n) is 3.69. The molecule has 0 saturated carbocycles. The van der Waals surface area contributed by atoms with Crippen molar-refractivity contribution in [1.29, 1.82) is 0 Å². The molecule has 1 atom stereocenters. The van der Waals surface area contributed by atoms with Crippen molar-refractivity contribution in [2.24, 2.45) is 0 Å². The van der Waals surface area contributed by atoms with E-state index in [0.29, 0.717) is 5.92 Å². The van der Waals surface area contributed by atoms with Crippen molar-refractivity contribution in [3.63, 3.8) is 0 Å². The lowest BCUT2D eigenvalue weighted by Crippen LogP contribution is -2.16. The Morgan fingerprint density at radius 1 is 1.00 bits per heavy atom. The molecule has 0 saturated heterocycles. The van der Waals surface area contributed by atoms with E-state index in [1.165, 1.54) is 5.56 Å². The molecule has 1 aliphatic carbocycles. The summed E-state index contributed by atoms with van der Waals surface area (Å²) in [6, 6.07) is 18.0. The van der Waals surface area contributed by atoms with Crippen molar-refractivity contribution in [3.05, 3.63) is 76.9 Å². The first-order valence-corrected chi connectivity index (χ1v) is 6.65. The van der Waals surface area contributed by atoms with Crippen LogP contribution in [-0.2, 0) is 0 Å². The SMILES string of the molecule is CC1C/C(=C\c2ccccc2)C(=O)c2ccccc21. The molecule has 0 bridgehead atoms. The van der Waals surface area contributed by atoms with Gasteiger partial charge in [0.1, 0.15) is 0 Å². The first-order valence-electron chi connectivity index (χ1n) is 6.65. The van der Waals surface area contributed by atoms with E-state index in [2.05, 4.69) is 13.0 Å². The summed E-state index contributed by atoms with van der Waals surface area (Å²) in [5.41, 5.74) is 4.05. The molecule has 94 valence electrons. The number of hydrogen-bond acceptors (Lipinski definition) is 1. The van der Waals surface area contributed by atoms with Crippen LogP contribution in [0.5, 0.6) is 0 Å². The van der Waals surface area contributed by atoms with Crippen molar-refractivity contribution in [2.45, 2.75) is 19.3 Å². The summed E-state index contributed by atoms with van der Waals surface area (Å²) in [5.74, 6) is 0.585. The van der Waals surface area contributed by atoms with Gasteiger partial charge in [0, 0.05) is 11.1 Å². The molecule has 1 unspecified atom stereocenters. The Balaban J connectivity index is 2.03. The fourth-order valence-corrected chi connectivity index (χ4v) is 2.71. The largest absolute Gasteiger partial charge is 0.289 e. The molecular formula is C18H16O. The highest BCUT2D eigenvalue weighted by atomic mass is 16.1. The van der Waals surface area contributed by atoms with E-state index < -0.39 is 0 Å². The summed E-state index contributed by atoms with van der Waals surface area (Å²) in [7, 11) is 0. The summed E-state index contributed by atoms with van der Waals surface area (Å²) in [4.78, 5) is 12.5. The van der Waals surface area contributed by atoms with Gasteiger partial charge in [0.25, 0.3) is 0 Å². The average molecular weight is 248 g/mol. The molecule has 0 fully saturated rings. The van der Waals surface area contributed by atoms with E-state index in [1.54, 1.807) is 0 Å². The van der Waals surface area contributed by atoms with Crippen LogP contribution >= 0.6 is 0 Å². The Morgan fingerprint density at radius 2 is 1.68 bits per heavy atom. The van der Waals surface area contributed by atoms with Crippen molar-refractivity contribution < 1.29 is 4.79 Å². The van der Waals surface area contributed by atoms with Gasteiger partial charge in [-0.2, -0.15) is 0 Å². The lowest BCUT2D eigenvalue weighted by atomic mass is 9.79. The highest BCUT2D eigenvalue weighted by Crippen LogP contribution is 2.34. The average Bonchev–Trinajstić information content (AvgIpc) is 2.46. The molecule has 3 rings (SSSR count). The van der Waals surface area contributed by atoms with Crippen molar-refractivity contribution in [2.75, 3.05) is 0 Å². The summed E-state index contributed by atoms with van der Waals surface area (Å²) < 4.78 is 0. The van der Waals surface area contributed by atoms with Crippen LogP contribution in [0.3, 0.4) is 0 Å². The van der Waals surface area contributed by atoms with E-state index in [-0.39, 0.29) is 5.78 Å². The van der Waals surface area contributed by atoms with Crippen LogP contribution in [0.15, 0.2) is 60.2 Å². The van der Waals surface area contributed by atoms with Gasteiger partial charge in [0.05, 0.1) is 0 Å². The zero-order valence-electron chi connectivity index (χ0n) is 11.0. The fourth-order valence-electron chi connectivity index (χ4n) is 2.71. The number of allylic oxidation sites excluding steroid dienone is 1. The van der Waals surface area contributed by atoms with Crippen molar-refractivity contribution in [1.82, 2.24) is 0 Å². The lowest BCUT2D eigenvalue weighted by Gasteiger charge is -2.23. The van der Waals surface area contributed by atoms with Gasteiger partial charge < -0.3 is 0 Å². The molecule has 1 aliphatic rings. The first kappa shape index (κ1) is 11.9. The Morgan fingerprint density at radius 3 is 2.47 bits per heavy atom. The second-order valence-electron chi connectivity index (χ2n) is 5.10. The highest BCUT2D eigenvalue weighted by molar-refractivity contribution is 6.13. The maximum atomic E-state index is 12.5. The van der Waals surface area contributed by atoms with Crippen LogP contribution < -0.4 is 0 Å². The third-order valence-corrected chi connectivity index (χ3v) is 3.69. The summed E-state index contributed by atoms with van der Waals surface area (Å²) >= 11 is 0. The number of hydrogen-bond donors (Lipinski definition) is 0. The Hall–Kier alpha value is -2.15. The quantitative estimate of drug-likeness (QED) is 0.681. The number of rotatable bonds is 1. The number of fused-ring (bicyclic) bond motifs is 1. The topological polar surface area (TPSA) is 17.1 Å². The molecule has 2 aromatic rings. The smallest absolute Gasteiger partial charge is 0.189 e. The molecule has 1 nitrogen and oxygen atoms in total. The minimum atomic E-state index is 0.178. The zero-order valence-corrected chi connectivity index (χ0v) is 11.0. The van der Waals surface area contributed by atoms with Gasteiger partial charge in [-0.15, -0.1) is 0 Å². The third kappa shape index (κ3) is 2.24. The van der Waals surface area contributed by atoms with E-state index in [4.69, 9.17) is 0 Å². The van der Waals surface area contributed by atoms with Crippen LogP contribution in [-0.4, -0.2) is 5.78 Å².